The number of hydrogen-bond donors (Lipinski definition) is 0. The number of aromatic nitrogens is 2. The molecule has 0 aliphatic carbocycles. The van der Waals surface area contributed by atoms with Crippen LogP contribution in [0, 0.1) is 5.82 Å². The van der Waals surface area contributed by atoms with Crippen LogP contribution in [0.25, 0.3) is 21.8 Å². The van der Waals surface area contributed by atoms with Crippen LogP contribution in [-0.2, 0) is 6.54 Å². The van der Waals surface area contributed by atoms with Crippen LogP contribution < -0.4 is 0 Å². The molecule has 118 valence electrons. The van der Waals surface area contributed by atoms with Crippen molar-refractivity contribution in [1.29, 1.82) is 0 Å². The average Bonchev–Trinajstić information content (AvgIpc) is 3.27. The highest BCUT2D eigenvalue weighted by atomic mass is 32.1. The van der Waals surface area contributed by atoms with Gasteiger partial charge in [-0.1, -0.05) is 54.6 Å². The predicted molar refractivity (Wildman–Crippen MR) is 96.5 cm³/mol. The highest BCUT2D eigenvalue weighted by Crippen LogP contribution is 2.29. The van der Waals surface area contributed by atoms with Gasteiger partial charge in [-0.05, 0) is 29.1 Å². The number of nitrogens with zero attached hydrogens (tertiary/aromatic N) is 2. The summed E-state index contributed by atoms with van der Waals surface area (Å²) in [6, 6.07) is 23.1. The smallest absolute Gasteiger partial charge is 0.128 e. The number of hydrogen-bond acceptors (Lipinski definition) is 2. The zero-order valence-corrected chi connectivity index (χ0v) is 13.7. The Morgan fingerprint density at radius 3 is 2.46 bits per heavy atom. The van der Waals surface area contributed by atoms with Crippen molar-refractivity contribution in [2.45, 2.75) is 6.54 Å². The molecule has 0 saturated heterocycles. The first-order valence-corrected chi connectivity index (χ1v) is 8.60. The lowest BCUT2D eigenvalue weighted by atomic mass is 10.1. The highest BCUT2D eigenvalue weighted by Gasteiger charge is 2.13. The third-order valence-corrected chi connectivity index (χ3v) is 4.79. The molecular formula is C20H15FN2S. The second-order valence-corrected chi connectivity index (χ2v) is 6.45. The van der Waals surface area contributed by atoms with Gasteiger partial charge in [0.25, 0.3) is 0 Å². The Hall–Kier alpha value is -2.72. The topological polar surface area (TPSA) is 17.8 Å². The fourth-order valence-corrected chi connectivity index (χ4v) is 3.39. The molecule has 0 saturated carbocycles. The van der Waals surface area contributed by atoms with E-state index in [0.717, 1.165) is 21.8 Å². The minimum absolute atomic E-state index is 0.204. The Bertz CT molecular complexity index is 943. The van der Waals surface area contributed by atoms with Gasteiger partial charge in [0.05, 0.1) is 17.1 Å². The van der Waals surface area contributed by atoms with Crippen LogP contribution in [0.5, 0.6) is 0 Å². The Labute approximate surface area is 143 Å². The van der Waals surface area contributed by atoms with E-state index in [-0.39, 0.29) is 5.82 Å². The molecule has 0 aliphatic heterocycles. The molecule has 0 bridgehead atoms. The molecule has 0 N–H and O–H groups in total. The number of rotatable bonds is 4. The zero-order chi connectivity index (χ0) is 16.4. The van der Waals surface area contributed by atoms with Crippen LogP contribution in [-0.4, -0.2) is 9.78 Å². The number of halogens is 1. The molecule has 24 heavy (non-hydrogen) atoms. The molecule has 0 spiro atoms. The van der Waals surface area contributed by atoms with Gasteiger partial charge in [-0.3, -0.25) is 4.68 Å². The summed E-state index contributed by atoms with van der Waals surface area (Å²) in [4.78, 5) is 1.11. The second kappa shape index (κ2) is 6.42. The van der Waals surface area contributed by atoms with E-state index in [9.17, 15) is 4.39 Å². The largest absolute Gasteiger partial charge is 0.260 e. The Morgan fingerprint density at radius 2 is 1.71 bits per heavy atom. The van der Waals surface area contributed by atoms with E-state index in [1.54, 1.807) is 23.5 Å². The summed E-state index contributed by atoms with van der Waals surface area (Å²) in [7, 11) is 0. The lowest BCUT2D eigenvalue weighted by Gasteiger charge is -2.08. The molecule has 0 aliphatic rings. The van der Waals surface area contributed by atoms with Gasteiger partial charge >= 0.3 is 0 Å². The van der Waals surface area contributed by atoms with Gasteiger partial charge < -0.3 is 0 Å². The monoisotopic (exact) mass is 334 g/mol. The van der Waals surface area contributed by atoms with E-state index < -0.39 is 0 Å². The quantitative estimate of drug-likeness (QED) is 0.484. The van der Waals surface area contributed by atoms with Crippen LogP contribution >= 0.6 is 11.3 Å². The van der Waals surface area contributed by atoms with Crippen LogP contribution in [0.3, 0.4) is 0 Å². The summed E-state index contributed by atoms with van der Waals surface area (Å²) >= 11 is 1.65. The first kappa shape index (κ1) is 14.8. The molecule has 2 aromatic heterocycles. The van der Waals surface area contributed by atoms with Crippen molar-refractivity contribution in [3.05, 3.63) is 89.6 Å². The minimum atomic E-state index is -0.204. The van der Waals surface area contributed by atoms with Gasteiger partial charge in [-0.15, -0.1) is 11.3 Å². The zero-order valence-electron chi connectivity index (χ0n) is 12.9. The van der Waals surface area contributed by atoms with Crippen LogP contribution in [0.2, 0.25) is 0 Å². The van der Waals surface area contributed by atoms with E-state index in [2.05, 4.69) is 12.1 Å². The van der Waals surface area contributed by atoms with Crippen molar-refractivity contribution >= 4 is 11.3 Å². The van der Waals surface area contributed by atoms with Crippen LogP contribution in [0.4, 0.5) is 4.39 Å². The van der Waals surface area contributed by atoms with Gasteiger partial charge in [0.1, 0.15) is 11.5 Å². The molecule has 2 nitrogen and oxygen atoms in total. The number of benzene rings is 2. The lowest BCUT2D eigenvalue weighted by Crippen LogP contribution is -2.05. The molecular weight excluding hydrogens is 319 g/mol. The highest BCUT2D eigenvalue weighted by molar-refractivity contribution is 7.13. The van der Waals surface area contributed by atoms with Crippen molar-refractivity contribution in [1.82, 2.24) is 9.78 Å². The summed E-state index contributed by atoms with van der Waals surface area (Å²) in [6.45, 7) is 0.405. The SMILES string of the molecule is Fc1ccccc1Cn1nc(-c2cccs2)cc1-c1ccccc1. The van der Waals surface area contributed by atoms with Gasteiger partial charge in [-0.2, -0.15) is 5.10 Å². The maximum atomic E-state index is 14.1. The lowest BCUT2D eigenvalue weighted by molar-refractivity contribution is 0.587. The Balaban J connectivity index is 1.81. The Kier molecular flexibility index (Phi) is 3.97. The van der Waals surface area contributed by atoms with Gasteiger partial charge in [0, 0.05) is 5.56 Å². The Morgan fingerprint density at radius 1 is 0.917 bits per heavy atom. The molecule has 0 unspecified atom stereocenters. The van der Waals surface area contributed by atoms with Crippen LogP contribution in [0.15, 0.2) is 78.2 Å². The summed E-state index contributed by atoms with van der Waals surface area (Å²) in [5.74, 6) is -0.204. The van der Waals surface area contributed by atoms with Gasteiger partial charge in [0.2, 0.25) is 0 Å². The second-order valence-electron chi connectivity index (χ2n) is 5.51. The first-order chi connectivity index (χ1) is 11.8. The average molecular weight is 334 g/mol. The molecule has 4 rings (SSSR count). The first-order valence-electron chi connectivity index (χ1n) is 7.72. The molecule has 0 atom stereocenters. The third-order valence-electron chi connectivity index (χ3n) is 3.90. The number of thiophene rings is 1. The van der Waals surface area contributed by atoms with Gasteiger partial charge in [0.15, 0.2) is 0 Å². The van der Waals surface area contributed by atoms with Crippen molar-refractivity contribution in [3.8, 4) is 21.8 Å². The maximum absolute atomic E-state index is 14.1. The molecule has 4 heteroatoms. The van der Waals surface area contributed by atoms with E-state index in [1.807, 2.05) is 52.5 Å². The summed E-state index contributed by atoms with van der Waals surface area (Å²) < 4.78 is 15.9. The van der Waals surface area contributed by atoms with Crippen molar-refractivity contribution < 1.29 is 4.39 Å². The molecule has 0 fully saturated rings. The van der Waals surface area contributed by atoms with Gasteiger partial charge in [-0.25, -0.2) is 4.39 Å². The molecule has 0 amide bonds. The summed E-state index contributed by atoms with van der Waals surface area (Å²) in [6.07, 6.45) is 0. The molecule has 4 aromatic rings. The van der Waals surface area contributed by atoms with E-state index in [1.165, 1.54) is 6.07 Å². The van der Waals surface area contributed by atoms with Crippen molar-refractivity contribution in [2.75, 3.05) is 0 Å². The third kappa shape index (κ3) is 2.88. The van der Waals surface area contributed by atoms with Crippen LogP contribution in [0.1, 0.15) is 5.56 Å². The predicted octanol–water partition coefficient (Wildman–Crippen LogP) is 5.47. The molecule has 0 radical (unpaired) electrons. The van der Waals surface area contributed by atoms with E-state index in [0.29, 0.717) is 12.1 Å². The van der Waals surface area contributed by atoms with Crippen molar-refractivity contribution in [2.24, 2.45) is 0 Å². The maximum Gasteiger partial charge on any atom is 0.128 e. The molecule has 2 heterocycles. The standard InChI is InChI=1S/C20H15FN2S/c21-17-10-5-4-9-16(17)14-23-19(15-7-2-1-3-8-15)13-18(22-23)20-11-6-12-24-20/h1-13H,14H2. The fraction of sp³-hybridized carbons (Fsp3) is 0.0500. The van der Waals surface area contributed by atoms with Crippen molar-refractivity contribution in [3.63, 3.8) is 0 Å². The minimum Gasteiger partial charge on any atom is -0.260 e. The summed E-state index contributed by atoms with van der Waals surface area (Å²) in [5.41, 5.74) is 3.61. The summed E-state index contributed by atoms with van der Waals surface area (Å²) in [5, 5.41) is 6.76. The fourth-order valence-electron chi connectivity index (χ4n) is 2.71. The van der Waals surface area contributed by atoms with E-state index >= 15 is 0 Å². The normalized spacial score (nSPS) is 10.9. The molecule has 2 aromatic carbocycles. The van der Waals surface area contributed by atoms with E-state index in [4.69, 9.17) is 5.10 Å².